The first-order valence-corrected chi connectivity index (χ1v) is 15.6. The third kappa shape index (κ3) is 7.06. The average Bonchev–Trinajstić information content (AvgIpc) is 3.30. The molecule has 3 aromatic rings. The number of aliphatic hydroxyl groups is 1. The normalized spacial score (nSPS) is 23.5. The molecule has 264 valence electrons. The van der Waals surface area contributed by atoms with Crippen molar-refractivity contribution in [2.24, 2.45) is 0 Å². The Bertz CT molecular complexity index is 1690. The zero-order chi connectivity index (χ0) is 36.1. The fraction of sp³-hybridized carbons (Fsp3) is 0.429. The van der Waals surface area contributed by atoms with E-state index in [-0.39, 0.29) is 50.3 Å². The van der Waals surface area contributed by atoms with Crippen LogP contribution in [0.3, 0.4) is 0 Å². The molecule has 7 nitrogen and oxygen atoms in total. The largest absolute Gasteiger partial charge is 0.465 e. The van der Waals surface area contributed by atoms with Gasteiger partial charge < -0.3 is 20.0 Å². The van der Waals surface area contributed by atoms with Crippen molar-refractivity contribution in [3.63, 3.8) is 0 Å². The first kappa shape index (κ1) is 36.0. The standard InChI is InChI=1S/C35H36F7N3O4/c1-21-15-27(36)9-10-28(21)29-20-32(11-12-33(49,45(32)31(47)48)19-23-7-5-4-6-8-23)13-14-44(29)30(46)43(3)22(2)24-16-25(34(37,38)39)18-26(17-24)35(40,41)42/h4-10,15-18,22,29,49H,11-14,19-20H2,1-3H3,(H,47,48)/t22-,29-,32+,33?/m1/s1. The smallest absolute Gasteiger partial charge is 0.416 e. The molecule has 2 fully saturated rings. The molecule has 4 atom stereocenters. The second kappa shape index (κ2) is 12.8. The Kier molecular flexibility index (Phi) is 9.43. The van der Waals surface area contributed by atoms with Gasteiger partial charge in [0.25, 0.3) is 0 Å². The summed E-state index contributed by atoms with van der Waals surface area (Å²) in [6.07, 6.45) is -11.1. The van der Waals surface area contributed by atoms with Gasteiger partial charge in [0, 0.05) is 20.0 Å². The van der Waals surface area contributed by atoms with Crippen LogP contribution in [0.25, 0.3) is 0 Å². The summed E-state index contributed by atoms with van der Waals surface area (Å²) in [5, 5.41) is 22.3. The number of carbonyl (C=O) groups is 2. The van der Waals surface area contributed by atoms with Crippen molar-refractivity contribution in [3.8, 4) is 0 Å². The van der Waals surface area contributed by atoms with E-state index in [1.807, 2.05) is 0 Å². The molecule has 1 spiro atoms. The number of amides is 3. The number of rotatable bonds is 5. The molecular formula is C35H36F7N3O4. The molecule has 1 unspecified atom stereocenters. The second-order valence-electron chi connectivity index (χ2n) is 13.1. The van der Waals surface area contributed by atoms with Gasteiger partial charge in [-0.2, -0.15) is 26.3 Å². The summed E-state index contributed by atoms with van der Waals surface area (Å²) in [5.41, 5.74) is -4.69. The molecule has 2 N–H and O–H groups in total. The Morgan fingerprint density at radius 3 is 2.10 bits per heavy atom. The lowest BCUT2D eigenvalue weighted by molar-refractivity contribution is -0.143. The summed E-state index contributed by atoms with van der Waals surface area (Å²) in [6, 6.07) is 11.1. The summed E-state index contributed by atoms with van der Waals surface area (Å²) >= 11 is 0. The van der Waals surface area contributed by atoms with Gasteiger partial charge in [-0.25, -0.2) is 14.0 Å². The minimum absolute atomic E-state index is 0.00138. The highest BCUT2D eigenvalue weighted by molar-refractivity contribution is 5.76. The molecule has 14 heteroatoms. The van der Waals surface area contributed by atoms with Gasteiger partial charge >= 0.3 is 24.5 Å². The Morgan fingerprint density at radius 2 is 1.55 bits per heavy atom. The number of hydrogen-bond acceptors (Lipinski definition) is 3. The van der Waals surface area contributed by atoms with Crippen LogP contribution >= 0.6 is 0 Å². The monoisotopic (exact) mass is 695 g/mol. The van der Waals surface area contributed by atoms with Crippen LogP contribution in [0.15, 0.2) is 66.7 Å². The quantitative estimate of drug-likeness (QED) is 0.262. The van der Waals surface area contributed by atoms with Gasteiger partial charge in [-0.1, -0.05) is 36.4 Å². The summed E-state index contributed by atoms with van der Waals surface area (Å²) in [7, 11) is 1.26. The Balaban J connectivity index is 1.51. The maximum atomic E-state index is 14.2. The number of alkyl halides is 6. The maximum Gasteiger partial charge on any atom is 0.416 e. The van der Waals surface area contributed by atoms with E-state index >= 15 is 0 Å². The number of carbonyl (C=O) groups excluding carboxylic acids is 1. The number of likely N-dealkylation sites (tertiary alicyclic amines) is 2. The number of urea groups is 1. The Hall–Kier alpha value is -4.33. The van der Waals surface area contributed by atoms with E-state index in [0.717, 1.165) is 9.80 Å². The Morgan fingerprint density at radius 1 is 0.939 bits per heavy atom. The first-order chi connectivity index (χ1) is 22.8. The minimum Gasteiger partial charge on any atom is -0.465 e. The van der Waals surface area contributed by atoms with Crippen molar-refractivity contribution < 1.29 is 50.5 Å². The van der Waals surface area contributed by atoms with Crippen LogP contribution in [0.2, 0.25) is 0 Å². The van der Waals surface area contributed by atoms with Crippen LogP contribution < -0.4 is 0 Å². The fourth-order valence-corrected chi connectivity index (χ4v) is 7.39. The lowest BCUT2D eigenvalue weighted by Crippen LogP contribution is -2.62. The van der Waals surface area contributed by atoms with Gasteiger partial charge in [-0.05, 0) is 92.1 Å². The zero-order valence-corrected chi connectivity index (χ0v) is 26.9. The lowest BCUT2D eigenvalue weighted by Gasteiger charge is -2.51. The summed E-state index contributed by atoms with van der Waals surface area (Å²) in [4.78, 5) is 30.5. The van der Waals surface area contributed by atoms with Crippen LogP contribution in [0, 0.1) is 12.7 Å². The van der Waals surface area contributed by atoms with Gasteiger partial charge in [0.15, 0.2) is 0 Å². The van der Waals surface area contributed by atoms with Crippen LogP contribution in [-0.2, 0) is 18.8 Å². The molecule has 0 bridgehead atoms. The van der Waals surface area contributed by atoms with E-state index in [1.54, 1.807) is 37.3 Å². The number of carboxylic acid groups (broad SMARTS) is 1. The maximum absolute atomic E-state index is 14.2. The SMILES string of the molecule is Cc1cc(F)ccc1[C@H]1C[C@@]2(CCN1C(=O)N(C)[C@H](C)c1cc(C(F)(F)F)cc(C(F)(F)F)c1)CCC(O)(Cc1ccccc1)N2C(=O)O. The van der Waals surface area contributed by atoms with Gasteiger partial charge in [0.05, 0.1) is 28.7 Å². The zero-order valence-electron chi connectivity index (χ0n) is 26.9. The molecule has 3 aromatic carbocycles. The number of benzene rings is 3. The summed E-state index contributed by atoms with van der Waals surface area (Å²) in [5.74, 6) is -0.550. The van der Waals surface area contributed by atoms with Gasteiger partial charge in [-0.3, -0.25) is 4.90 Å². The topological polar surface area (TPSA) is 84.3 Å². The van der Waals surface area contributed by atoms with Crippen LogP contribution in [0.4, 0.5) is 40.3 Å². The van der Waals surface area contributed by atoms with Crippen molar-refractivity contribution >= 4 is 12.1 Å². The first-order valence-electron chi connectivity index (χ1n) is 15.6. The molecule has 5 rings (SSSR count). The molecule has 2 saturated heterocycles. The number of halogens is 7. The van der Waals surface area contributed by atoms with Gasteiger partial charge in [0.1, 0.15) is 11.5 Å². The third-order valence-corrected chi connectivity index (χ3v) is 9.98. The third-order valence-electron chi connectivity index (χ3n) is 9.98. The fourth-order valence-electron chi connectivity index (χ4n) is 7.39. The predicted octanol–water partition coefficient (Wildman–Crippen LogP) is 8.57. The van der Waals surface area contributed by atoms with E-state index in [0.29, 0.717) is 28.8 Å². The number of hydrogen-bond donors (Lipinski definition) is 2. The van der Waals surface area contributed by atoms with Crippen molar-refractivity contribution in [1.29, 1.82) is 0 Å². The lowest BCUT2D eigenvalue weighted by atomic mass is 9.78. The van der Waals surface area contributed by atoms with Gasteiger partial charge in [-0.15, -0.1) is 0 Å². The summed E-state index contributed by atoms with van der Waals surface area (Å²) < 4.78 is 95.9. The molecular weight excluding hydrogens is 659 g/mol. The van der Waals surface area contributed by atoms with Crippen LogP contribution in [0.5, 0.6) is 0 Å². The molecule has 2 aliphatic rings. The molecule has 0 radical (unpaired) electrons. The van der Waals surface area contributed by atoms with Crippen molar-refractivity contribution in [3.05, 3.63) is 106 Å². The molecule has 2 heterocycles. The molecule has 2 aliphatic heterocycles. The number of piperidine rings is 1. The van der Waals surface area contributed by atoms with E-state index in [9.17, 15) is 50.5 Å². The van der Waals surface area contributed by atoms with Crippen molar-refractivity contribution in [2.45, 2.75) is 81.7 Å². The average molecular weight is 696 g/mol. The molecule has 0 aromatic heterocycles. The number of aryl methyl sites for hydroxylation is 1. The highest BCUT2D eigenvalue weighted by Crippen LogP contribution is 2.52. The van der Waals surface area contributed by atoms with Crippen LogP contribution in [0.1, 0.15) is 78.1 Å². The molecule has 49 heavy (non-hydrogen) atoms. The van der Waals surface area contributed by atoms with E-state index in [4.69, 9.17) is 0 Å². The highest BCUT2D eigenvalue weighted by Gasteiger charge is 2.59. The van der Waals surface area contributed by atoms with E-state index in [1.165, 1.54) is 37.1 Å². The number of nitrogens with zero attached hydrogens (tertiary/aromatic N) is 3. The van der Waals surface area contributed by atoms with E-state index in [2.05, 4.69) is 0 Å². The second-order valence-corrected chi connectivity index (χ2v) is 13.1. The van der Waals surface area contributed by atoms with Crippen molar-refractivity contribution in [2.75, 3.05) is 13.6 Å². The van der Waals surface area contributed by atoms with Gasteiger partial charge in [0.2, 0.25) is 0 Å². The minimum atomic E-state index is -5.08. The molecule has 0 saturated carbocycles. The predicted molar refractivity (Wildman–Crippen MR) is 165 cm³/mol. The summed E-state index contributed by atoms with van der Waals surface area (Å²) in [6.45, 7) is 2.86. The van der Waals surface area contributed by atoms with Crippen molar-refractivity contribution in [1.82, 2.24) is 14.7 Å². The Labute approximate surface area is 278 Å². The highest BCUT2D eigenvalue weighted by atomic mass is 19.4. The van der Waals surface area contributed by atoms with Crippen LogP contribution in [-0.4, -0.2) is 61.9 Å². The molecule has 3 amide bonds. The molecule has 0 aliphatic carbocycles. The van der Waals surface area contributed by atoms with E-state index < -0.39 is 64.8 Å².